The summed E-state index contributed by atoms with van der Waals surface area (Å²) in [6.45, 7) is 0. The van der Waals surface area contributed by atoms with Crippen molar-refractivity contribution in [1.82, 2.24) is 0 Å². The molecule has 0 radical (unpaired) electrons. The zero-order valence-corrected chi connectivity index (χ0v) is 24.5. The molecule has 44 heavy (non-hydrogen) atoms. The standard InChI is InChI=1S/C22H17N5O13S4/c23-20-14(26-24-12-5-1-3-7-15(12)41(29,30)31)10-17(43(35,36)37)11-9-18(44(38,39)40)21(22(28)19(11)20)27-25-13-6-2-4-8-16(13)42(32,33)34/h1-10,28H,23H2,(H,29,30,31)(H,32,33,34)(H,35,36,37)(H,38,39,40). The van der Waals surface area contributed by atoms with Crippen LogP contribution in [0.1, 0.15) is 0 Å². The lowest BCUT2D eigenvalue weighted by atomic mass is 10.0. The third-order valence-electron chi connectivity index (χ3n) is 5.68. The Hall–Kier alpha value is -4.42. The average Bonchev–Trinajstić information content (AvgIpc) is 2.90. The van der Waals surface area contributed by atoms with Gasteiger partial charge in [-0.05, 0) is 36.4 Å². The number of hydrogen-bond donors (Lipinski definition) is 6. The van der Waals surface area contributed by atoms with E-state index in [-0.39, 0.29) is 0 Å². The Kier molecular flexibility index (Phi) is 8.31. The second kappa shape index (κ2) is 11.3. The van der Waals surface area contributed by atoms with Crippen LogP contribution in [0.2, 0.25) is 0 Å². The predicted octanol–water partition coefficient (Wildman–Crippen LogP) is 3.95. The molecule has 0 fully saturated rings. The van der Waals surface area contributed by atoms with Crippen LogP contribution in [0.15, 0.2) is 101 Å². The highest BCUT2D eigenvalue weighted by molar-refractivity contribution is 7.86. The molecule has 18 nitrogen and oxygen atoms in total. The molecular weight excluding hydrogens is 671 g/mol. The van der Waals surface area contributed by atoms with Crippen LogP contribution in [0.25, 0.3) is 10.8 Å². The Bertz CT molecular complexity index is 2360. The number of benzene rings is 4. The molecule has 0 saturated heterocycles. The second-order valence-electron chi connectivity index (χ2n) is 8.54. The fourth-order valence-electron chi connectivity index (χ4n) is 3.83. The minimum absolute atomic E-state index is 0.444. The van der Waals surface area contributed by atoms with E-state index in [1.165, 1.54) is 24.3 Å². The van der Waals surface area contributed by atoms with Gasteiger partial charge in [0.25, 0.3) is 40.5 Å². The number of phenols is 1. The van der Waals surface area contributed by atoms with Crippen LogP contribution in [0.3, 0.4) is 0 Å². The van der Waals surface area contributed by atoms with Gasteiger partial charge in [0.2, 0.25) is 0 Å². The molecule has 0 spiro atoms. The minimum atomic E-state index is -5.36. The van der Waals surface area contributed by atoms with Gasteiger partial charge in [0.15, 0.2) is 5.75 Å². The molecular formula is C22H17N5O13S4. The molecule has 22 heteroatoms. The highest BCUT2D eigenvalue weighted by Gasteiger charge is 2.29. The molecule has 0 heterocycles. The fourth-order valence-corrected chi connectivity index (χ4v) is 6.42. The van der Waals surface area contributed by atoms with Crippen LogP contribution in [0, 0.1) is 0 Å². The quantitative estimate of drug-likeness (QED) is 0.0868. The highest BCUT2D eigenvalue weighted by atomic mass is 32.2. The third-order valence-corrected chi connectivity index (χ3v) is 9.25. The number of aromatic hydroxyl groups is 1. The first kappa shape index (κ1) is 32.5. The van der Waals surface area contributed by atoms with Crippen LogP contribution in [0.4, 0.5) is 28.4 Å². The normalized spacial score (nSPS) is 13.3. The first-order valence-corrected chi connectivity index (χ1v) is 17.0. The van der Waals surface area contributed by atoms with Gasteiger partial charge in [-0.3, -0.25) is 18.2 Å². The number of phenolic OH excluding ortho intramolecular Hbond substituents is 1. The Morgan fingerprint density at radius 3 is 1.39 bits per heavy atom. The number of anilines is 1. The molecule has 0 unspecified atom stereocenters. The molecule has 0 aliphatic rings. The van der Waals surface area contributed by atoms with E-state index in [0.29, 0.717) is 12.1 Å². The first-order valence-electron chi connectivity index (χ1n) is 11.2. The van der Waals surface area contributed by atoms with Crippen LogP contribution in [-0.2, 0) is 40.5 Å². The van der Waals surface area contributed by atoms with Crippen molar-refractivity contribution in [1.29, 1.82) is 0 Å². The Labute approximate surface area is 248 Å². The maximum atomic E-state index is 12.3. The monoisotopic (exact) mass is 687 g/mol. The van der Waals surface area contributed by atoms with Gasteiger partial charge in [-0.15, -0.1) is 20.5 Å². The molecule has 0 atom stereocenters. The van der Waals surface area contributed by atoms with Crippen molar-refractivity contribution in [3.8, 4) is 5.75 Å². The van der Waals surface area contributed by atoms with E-state index < -0.39 is 105 Å². The van der Waals surface area contributed by atoms with Gasteiger partial charge in [0.05, 0.1) is 11.1 Å². The van der Waals surface area contributed by atoms with Crippen molar-refractivity contribution in [2.75, 3.05) is 5.73 Å². The van der Waals surface area contributed by atoms with E-state index in [1.807, 2.05) is 0 Å². The van der Waals surface area contributed by atoms with Gasteiger partial charge in [-0.25, -0.2) is 0 Å². The summed E-state index contributed by atoms with van der Waals surface area (Å²) in [5.74, 6) is -1.26. The van der Waals surface area contributed by atoms with Gasteiger partial charge >= 0.3 is 0 Å². The summed E-state index contributed by atoms with van der Waals surface area (Å²) in [6, 6.07) is 10.1. The molecule has 0 amide bonds. The summed E-state index contributed by atoms with van der Waals surface area (Å²) >= 11 is 0. The number of fused-ring (bicyclic) bond motifs is 1. The zero-order valence-electron chi connectivity index (χ0n) is 21.3. The maximum Gasteiger partial charge on any atom is 0.296 e. The van der Waals surface area contributed by atoms with E-state index in [4.69, 9.17) is 5.73 Å². The predicted molar refractivity (Wildman–Crippen MR) is 151 cm³/mol. The van der Waals surface area contributed by atoms with Crippen molar-refractivity contribution < 1.29 is 57.0 Å². The SMILES string of the molecule is Nc1c(N=Nc2ccccc2S(=O)(=O)O)cc(S(=O)(=O)O)c2cc(S(=O)(=O)O)c(N=Nc3ccccc3S(=O)(=O)O)c(O)c12. The van der Waals surface area contributed by atoms with Gasteiger partial charge in [0, 0.05) is 5.39 Å². The summed E-state index contributed by atoms with van der Waals surface area (Å²) in [6.07, 6.45) is 0. The molecule has 0 aromatic heterocycles. The number of rotatable bonds is 8. The number of nitrogens with two attached hydrogens (primary N) is 1. The number of hydrogen-bond acceptors (Lipinski definition) is 14. The van der Waals surface area contributed by atoms with Crippen molar-refractivity contribution in [3.05, 3.63) is 60.7 Å². The number of nitrogens with zero attached hydrogens (tertiary/aromatic N) is 4. The first-order chi connectivity index (χ1) is 20.2. The van der Waals surface area contributed by atoms with E-state index in [2.05, 4.69) is 20.5 Å². The van der Waals surface area contributed by atoms with Crippen molar-refractivity contribution in [3.63, 3.8) is 0 Å². The lowest BCUT2D eigenvalue weighted by molar-refractivity contribution is 0.471. The van der Waals surface area contributed by atoms with E-state index >= 15 is 0 Å². The molecule has 0 bridgehead atoms. The van der Waals surface area contributed by atoms with Crippen molar-refractivity contribution in [2.24, 2.45) is 20.5 Å². The van der Waals surface area contributed by atoms with Crippen LogP contribution in [0.5, 0.6) is 5.75 Å². The molecule has 7 N–H and O–H groups in total. The molecule has 0 aliphatic carbocycles. The molecule has 0 saturated carbocycles. The lowest BCUT2D eigenvalue weighted by Crippen LogP contribution is -2.04. The Balaban J connectivity index is 2.08. The topological polar surface area (TPSA) is 313 Å². The second-order valence-corrected chi connectivity index (χ2v) is 14.1. The van der Waals surface area contributed by atoms with Gasteiger partial charge in [0.1, 0.15) is 42.3 Å². The molecule has 4 aromatic rings. The number of azo groups is 2. The molecule has 232 valence electrons. The van der Waals surface area contributed by atoms with Crippen molar-refractivity contribution >= 4 is 79.7 Å². The summed E-state index contributed by atoms with van der Waals surface area (Å²) in [7, 11) is -20.3. The van der Waals surface area contributed by atoms with E-state index in [9.17, 15) is 57.0 Å². The van der Waals surface area contributed by atoms with Crippen LogP contribution < -0.4 is 5.73 Å². The van der Waals surface area contributed by atoms with Gasteiger partial charge in [-0.1, -0.05) is 24.3 Å². The maximum absolute atomic E-state index is 12.3. The summed E-state index contributed by atoms with van der Waals surface area (Å²) in [5.41, 5.74) is 2.71. The highest BCUT2D eigenvalue weighted by Crippen LogP contribution is 2.48. The zero-order chi connectivity index (χ0) is 32.8. The minimum Gasteiger partial charge on any atom is -0.505 e. The van der Waals surface area contributed by atoms with E-state index in [1.54, 1.807) is 0 Å². The smallest absolute Gasteiger partial charge is 0.296 e. The Morgan fingerprint density at radius 2 is 0.932 bits per heavy atom. The van der Waals surface area contributed by atoms with E-state index in [0.717, 1.165) is 24.3 Å². The van der Waals surface area contributed by atoms with Crippen molar-refractivity contribution in [2.45, 2.75) is 19.6 Å². The summed E-state index contributed by atoms with van der Waals surface area (Å²) in [5, 5.41) is 23.9. The third kappa shape index (κ3) is 6.56. The lowest BCUT2D eigenvalue weighted by Gasteiger charge is -2.14. The Morgan fingerprint density at radius 1 is 0.523 bits per heavy atom. The fraction of sp³-hybridized carbons (Fsp3) is 0. The van der Waals surface area contributed by atoms with Gasteiger partial charge in [-0.2, -0.15) is 33.7 Å². The summed E-state index contributed by atoms with van der Waals surface area (Å²) in [4.78, 5) is -3.86. The number of nitrogen functional groups attached to an aromatic ring is 1. The average molecular weight is 688 g/mol. The van der Waals surface area contributed by atoms with Gasteiger partial charge < -0.3 is 10.8 Å². The summed E-state index contributed by atoms with van der Waals surface area (Å²) < 4.78 is 134. The van der Waals surface area contributed by atoms with Crippen LogP contribution in [-0.4, -0.2) is 57.0 Å². The largest absolute Gasteiger partial charge is 0.505 e. The molecule has 4 rings (SSSR count). The van der Waals surface area contributed by atoms with Crippen LogP contribution >= 0.6 is 0 Å². The molecule has 0 aliphatic heterocycles. The molecule has 4 aromatic carbocycles.